The summed E-state index contributed by atoms with van der Waals surface area (Å²) in [5.41, 5.74) is 0.370. The lowest BCUT2D eigenvalue weighted by Crippen LogP contribution is -2.17. The number of phenols is 3. The molecule has 0 unspecified atom stereocenters. The first-order valence-electron chi connectivity index (χ1n) is 7.56. The highest BCUT2D eigenvalue weighted by molar-refractivity contribution is 5.75. The van der Waals surface area contributed by atoms with Crippen molar-refractivity contribution >= 4 is 5.76 Å². The van der Waals surface area contributed by atoms with Crippen molar-refractivity contribution in [1.82, 2.24) is 0 Å². The van der Waals surface area contributed by atoms with E-state index in [1.54, 1.807) is 0 Å². The van der Waals surface area contributed by atoms with Gasteiger partial charge in [0.05, 0.1) is 25.3 Å². The maximum atomic E-state index is 10.7. The second-order valence-electron chi connectivity index (χ2n) is 5.51. The quantitative estimate of drug-likeness (QED) is 0.656. The van der Waals surface area contributed by atoms with Crippen LogP contribution in [0.3, 0.4) is 0 Å². The molecule has 1 atom stereocenters. The topological polar surface area (TPSA) is 118 Å². The molecule has 0 spiro atoms. The fourth-order valence-electron chi connectivity index (χ4n) is 2.88. The van der Waals surface area contributed by atoms with E-state index < -0.39 is 11.9 Å². The van der Waals surface area contributed by atoms with Gasteiger partial charge in [0, 0.05) is 13.2 Å². The van der Waals surface area contributed by atoms with Gasteiger partial charge in [0.25, 0.3) is 0 Å². The number of aliphatic hydroxyl groups excluding tert-OH is 1. The smallest absolute Gasteiger partial charge is 0.203 e. The van der Waals surface area contributed by atoms with Crippen LogP contribution in [0.15, 0.2) is 30.0 Å². The minimum absolute atomic E-state index is 0.0407. The molecule has 2 aromatic carbocycles. The van der Waals surface area contributed by atoms with Gasteiger partial charge in [-0.15, -0.1) is 0 Å². The molecule has 2 aromatic rings. The van der Waals surface area contributed by atoms with E-state index in [9.17, 15) is 20.4 Å². The number of aromatic hydroxyl groups is 3. The number of hydrogen-bond donors (Lipinski definition) is 4. The van der Waals surface area contributed by atoms with E-state index >= 15 is 0 Å². The van der Waals surface area contributed by atoms with Gasteiger partial charge < -0.3 is 39.4 Å². The minimum Gasteiger partial charge on any atom is -0.508 e. The van der Waals surface area contributed by atoms with Crippen LogP contribution in [0.4, 0.5) is 0 Å². The lowest BCUT2D eigenvalue weighted by atomic mass is 9.98. The summed E-state index contributed by atoms with van der Waals surface area (Å²) in [7, 11) is 4.05. The van der Waals surface area contributed by atoms with Gasteiger partial charge in [-0.05, 0) is 18.2 Å². The predicted octanol–water partition coefficient (Wildman–Crippen LogP) is 2.83. The van der Waals surface area contributed by atoms with Crippen LogP contribution < -0.4 is 14.2 Å². The van der Waals surface area contributed by atoms with Crippen LogP contribution in [-0.2, 0) is 4.74 Å². The van der Waals surface area contributed by atoms with Crippen molar-refractivity contribution in [3.8, 4) is 34.5 Å². The SMILES string of the molecule is COc1ccc(O)cc1C1=C(O)[C@H](OC)c2c(cc(O)c(OC)c2O)O1. The standard InChI is InChI=1S/C18H18O8/c1-23-11-5-4-8(19)6-9(11)16-15(22)18(25-3)13-12(26-16)7-10(20)17(24-2)14(13)21/h4-7,18-22H,1-3H3/t18-/m1/s1. The Morgan fingerprint density at radius 2 is 1.69 bits per heavy atom. The van der Waals surface area contributed by atoms with Gasteiger partial charge in [-0.1, -0.05) is 0 Å². The monoisotopic (exact) mass is 362 g/mol. The number of fused-ring (bicyclic) bond motifs is 1. The number of ether oxygens (including phenoxy) is 4. The summed E-state index contributed by atoms with van der Waals surface area (Å²) < 4.78 is 21.2. The molecule has 8 heteroatoms. The molecule has 8 nitrogen and oxygen atoms in total. The molecule has 0 amide bonds. The number of aliphatic hydroxyl groups is 1. The molecule has 1 heterocycles. The Labute approximate surface area is 149 Å². The molecule has 0 bridgehead atoms. The highest BCUT2D eigenvalue weighted by Crippen LogP contribution is 2.53. The van der Waals surface area contributed by atoms with Crippen LogP contribution in [0.2, 0.25) is 0 Å². The minimum atomic E-state index is -1.09. The number of benzene rings is 2. The normalized spacial score (nSPS) is 16.0. The summed E-state index contributed by atoms with van der Waals surface area (Å²) in [5, 5.41) is 40.9. The summed E-state index contributed by atoms with van der Waals surface area (Å²) in [6.07, 6.45) is -1.09. The van der Waals surface area contributed by atoms with Crippen molar-refractivity contribution < 1.29 is 39.4 Å². The fourth-order valence-corrected chi connectivity index (χ4v) is 2.88. The molecule has 0 saturated heterocycles. The van der Waals surface area contributed by atoms with Gasteiger partial charge in [0.15, 0.2) is 29.1 Å². The zero-order valence-corrected chi connectivity index (χ0v) is 14.3. The van der Waals surface area contributed by atoms with Crippen LogP contribution in [0.25, 0.3) is 5.76 Å². The third kappa shape index (κ3) is 2.60. The Hall–Kier alpha value is -3.26. The van der Waals surface area contributed by atoms with Crippen LogP contribution >= 0.6 is 0 Å². The molecule has 138 valence electrons. The average Bonchev–Trinajstić information content (AvgIpc) is 2.62. The molecule has 0 saturated carbocycles. The largest absolute Gasteiger partial charge is 0.508 e. The van der Waals surface area contributed by atoms with Crippen molar-refractivity contribution in [1.29, 1.82) is 0 Å². The average molecular weight is 362 g/mol. The Kier molecular flexibility index (Phi) is 4.43. The first-order chi connectivity index (χ1) is 12.4. The maximum absolute atomic E-state index is 10.7. The number of methoxy groups -OCH3 is 3. The molecular weight excluding hydrogens is 344 g/mol. The molecular formula is C18H18O8. The van der Waals surface area contributed by atoms with Crippen molar-refractivity contribution in [3.05, 3.63) is 41.2 Å². The third-order valence-corrected chi connectivity index (χ3v) is 4.06. The summed E-state index contributed by atoms with van der Waals surface area (Å²) in [6, 6.07) is 5.52. The third-order valence-electron chi connectivity index (χ3n) is 4.06. The van der Waals surface area contributed by atoms with Gasteiger partial charge in [-0.25, -0.2) is 0 Å². The van der Waals surface area contributed by atoms with Gasteiger partial charge in [0.2, 0.25) is 5.75 Å². The molecule has 1 aliphatic rings. The summed E-state index contributed by atoms with van der Waals surface area (Å²) in [6.45, 7) is 0. The Morgan fingerprint density at radius 3 is 2.31 bits per heavy atom. The number of phenolic OH excluding ortho intramolecular Hbond substituents is 3. The summed E-state index contributed by atoms with van der Waals surface area (Å²) in [5.74, 6) is -0.973. The van der Waals surface area contributed by atoms with Crippen LogP contribution in [0.5, 0.6) is 34.5 Å². The molecule has 0 aliphatic carbocycles. The summed E-state index contributed by atoms with van der Waals surface area (Å²) in [4.78, 5) is 0. The Balaban J connectivity index is 2.23. The highest BCUT2D eigenvalue weighted by Gasteiger charge is 2.36. The molecule has 0 aromatic heterocycles. The first kappa shape index (κ1) is 17.6. The van der Waals surface area contributed by atoms with E-state index in [4.69, 9.17) is 18.9 Å². The van der Waals surface area contributed by atoms with Crippen molar-refractivity contribution in [3.63, 3.8) is 0 Å². The zero-order chi connectivity index (χ0) is 19.0. The van der Waals surface area contributed by atoms with E-state index in [0.29, 0.717) is 5.75 Å². The molecule has 0 fully saturated rings. The van der Waals surface area contributed by atoms with Crippen molar-refractivity contribution in [2.24, 2.45) is 0 Å². The van der Waals surface area contributed by atoms with E-state index in [1.165, 1.54) is 45.6 Å². The molecule has 4 N–H and O–H groups in total. The van der Waals surface area contributed by atoms with E-state index in [2.05, 4.69) is 0 Å². The highest BCUT2D eigenvalue weighted by atomic mass is 16.5. The summed E-state index contributed by atoms with van der Waals surface area (Å²) >= 11 is 0. The maximum Gasteiger partial charge on any atom is 0.203 e. The number of rotatable bonds is 4. The van der Waals surface area contributed by atoms with Crippen LogP contribution in [0.1, 0.15) is 17.2 Å². The second kappa shape index (κ2) is 6.57. The first-order valence-corrected chi connectivity index (χ1v) is 7.56. The van der Waals surface area contributed by atoms with Gasteiger partial charge >= 0.3 is 0 Å². The van der Waals surface area contributed by atoms with Gasteiger partial charge in [-0.2, -0.15) is 0 Å². The molecule has 3 rings (SSSR count). The number of hydrogen-bond acceptors (Lipinski definition) is 8. The van der Waals surface area contributed by atoms with Crippen molar-refractivity contribution in [2.45, 2.75) is 6.10 Å². The predicted molar refractivity (Wildman–Crippen MR) is 90.9 cm³/mol. The molecule has 1 aliphatic heterocycles. The van der Waals surface area contributed by atoms with E-state index in [0.717, 1.165) is 0 Å². The van der Waals surface area contributed by atoms with Gasteiger partial charge in [0.1, 0.15) is 17.2 Å². The van der Waals surface area contributed by atoms with E-state index in [-0.39, 0.29) is 45.6 Å². The van der Waals surface area contributed by atoms with Gasteiger partial charge in [-0.3, -0.25) is 0 Å². The lowest BCUT2D eigenvalue weighted by molar-refractivity contribution is 0.0821. The van der Waals surface area contributed by atoms with Crippen LogP contribution in [0, 0.1) is 0 Å². The fraction of sp³-hybridized carbons (Fsp3) is 0.222. The Bertz CT molecular complexity index is 887. The van der Waals surface area contributed by atoms with Crippen molar-refractivity contribution in [2.75, 3.05) is 21.3 Å². The Morgan fingerprint density at radius 1 is 0.962 bits per heavy atom. The molecule has 26 heavy (non-hydrogen) atoms. The second-order valence-corrected chi connectivity index (χ2v) is 5.51. The zero-order valence-electron chi connectivity index (χ0n) is 14.3. The van der Waals surface area contributed by atoms with Crippen LogP contribution in [-0.4, -0.2) is 41.8 Å². The van der Waals surface area contributed by atoms with E-state index in [1.807, 2.05) is 0 Å². The molecule has 0 radical (unpaired) electrons. The lowest BCUT2D eigenvalue weighted by Gasteiger charge is -2.28.